The van der Waals surface area contributed by atoms with Crippen LogP contribution in [0.1, 0.15) is 52.0 Å². The van der Waals surface area contributed by atoms with Gasteiger partial charge in [-0.1, -0.05) is 38.8 Å². The van der Waals surface area contributed by atoms with Gasteiger partial charge in [0, 0.05) is 5.69 Å². The number of carbonyl (C=O) groups excluding carboxylic acids is 1. The first kappa shape index (κ1) is 15.9. The zero-order valence-corrected chi connectivity index (χ0v) is 13.7. The van der Waals surface area contributed by atoms with Crippen molar-refractivity contribution in [2.75, 3.05) is 11.9 Å². The van der Waals surface area contributed by atoms with Crippen LogP contribution in [-0.4, -0.2) is 18.1 Å². The Morgan fingerprint density at radius 2 is 2.00 bits per heavy atom. The lowest BCUT2D eigenvalue weighted by Gasteiger charge is -2.48. The number of nitrogens with one attached hydrogen (secondary N) is 1. The molecular formula is C18H27NO2. The van der Waals surface area contributed by atoms with E-state index in [9.17, 15) is 4.79 Å². The molecule has 1 aliphatic carbocycles. The van der Waals surface area contributed by atoms with Crippen molar-refractivity contribution >= 4 is 11.7 Å². The number of anilines is 1. The van der Waals surface area contributed by atoms with Gasteiger partial charge in [0.05, 0.1) is 6.61 Å². The molecule has 0 aromatic heterocycles. The van der Waals surface area contributed by atoms with Crippen LogP contribution in [0.15, 0.2) is 24.3 Å². The zero-order valence-electron chi connectivity index (χ0n) is 13.7. The molecule has 0 heterocycles. The molecule has 1 N–H and O–H groups in total. The van der Waals surface area contributed by atoms with Gasteiger partial charge >= 0.3 is 5.97 Å². The van der Waals surface area contributed by atoms with Gasteiger partial charge < -0.3 is 10.1 Å². The molecular weight excluding hydrogens is 262 g/mol. The van der Waals surface area contributed by atoms with Crippen LogP contribution in [-0.2, 0) is 9.53 Å². The second-order valence-corrected chi connectivity index (χ2v) is 6.71. The quantitative estimate of drug-likeness (QED) is 0.839. The lowest BCUT2D eigenvalue weighted by molar-refractivity contribution is -0.155. The summed E-state index contributed by atoms with van der Waals surface area (Å²) in [4.78, 5) is 12.7. The average molecular weight is 289 g/mol. The van der Waals surface area contributed by atoms with Gasteiger partial charge in [0.2, 0.25) is 0 Å². The van der Waals surface area contributed by atoms with Crippen molar-refractivity contribution in [3.05, 3.63) is 29.8 Å². The second-order valence-electron chi connectivity index (χ2n) is 6.71. The van der Waals surface area contributed by atoms with E-state index >= 15 is 0 Å². The number of aryl methyl sites for hydroxylation is 1. The summed E-state index contributed by atoms with van der Waals surface area (Å²) in [6.45, 7) is 8.70. The number of benzene rings is 1. The third kappa shape index (κ3) is 3.07. The minimum atomic E-state index is -0.630. The maximum absolute atomic E-state index is 12.7. The molecule has 0 aliphatic heterocycles. The Morgan fingerprint density at radius 1 is 1.29 bits per heavy atom. The highest BCUT2D eigenvalue weighted by atomic mass is 16.5. The monoisotopic (exact) mass is 289 g/mol. The summed E-state index contributed by atoms with van der Waals surface area (Å²) in [5, 5.41) is 3.54. The van der Waals surface area contributed by atoms with Gasteiger partial charge in [-0.2, -0.15) is 0 Å². The molecule has 0 bridgehead atoms. The number of carbonyl (C=O) groups is 1. The molecule has 0 saturated heterocycles. The normalized spacial score (nSPS) is 24.4. The van der Waals surface area contributed by atoms with E-state index in [0.29, 0.717) is 6.61 Å². The number of hydrogen-bond acceptors (Lipinski definition) is 3. The SMILES string of the molecule is CCOC(=O)C1(Nc2cccc(C)c2)CCCCC1(C)C. The van der Waals surface area contributed by atoms with Gasteiger partial charge in [0.15, 0.2) is 0 Å². The average Bonchev–Trinajstić information content (AvgIpc) is 2.41. The van der Waals surface area contributed by atoms with Crippen LogP contribution in [0.4, 0.5) is 5.69 Å². The van der Waals surface area contributed by atoms with Crippen LogP contribution in [0, 0.1) is 12.3 Å². The molecule has 1 aromatic rings. The van der Waals surface area contributed by atoms with Crippen LogP contribution in [0.25, 0.3) is 0 Å². The fourth-order valence-electron chi connectivity index (χ4n) is 3.39. The van der Waals surface area contributed by atoms with Crippen molar-refractivity contribution in [3.63, 3.8) is 0 Å². The smallest absolute Gasteiger partial charge is 0.332 e. The highest BCUT2D eigenvalue weighted by Crippen LogP contribution is 2.46. The molecule has 1 unspecified atom stereocenters. The first-order valence-corrected chi connectivity index (χ1v) is 7.93. The third-order valence-corrected chi connectivity index (χ3v) is 4.76. The molecule has 3 heteroatoms. The fraction of sp³-hybridized carbons (Fsp3) is 0.611. The minimum Gasteiger partial charge on any atom is -0.464 e. The summed E-state index contributed by atoms with van der Waals surface area (Å²) in [6, 6.07) is 8.20. The van der Waals surface area contributed by atoms with Crippen molar-refractivity contribution in [2.24, 2.45) is 5.41 Å². The van der Waals surface area contributed by atoms with Crippen LogP contribution in [0.2, 0.25) is 0 Å². The highest BCUT2D eigenvalue weighted by molar-refractivity contribution is 5.86. The summed E-state index contributed by atoms with van der Waals surface area (Å²) in [5.74, 6) is -0.115. The summed E-state index contributed by atoms with van der Waals surface area (Å²) in [5.41, 5.74) is 1.43. The van der Waals surface area contributed by atoms with E-state index in [1.807, 2.05) is 19.1 Å². The zero-order chi connectivity index (χ0) is 15.5. The van der Waals surface area contributed by atoms with Gasteiger partial charge in [0.25, 0.3) is 0 Å². The molecule has 0 amide bonds. The fourth-order valence-corrected chi connectivity index (χ4v) is 3.39. The lowest BCUT2D eigenvalue weighted by Crippen LogP contribution is -2.59. The number of esters is 1. The third-order valence-electron chi connectivity index (χ3n) is 4.76. The summed E-state index contributed by atoms with van der Waals surface area (Å²) < 4.78 is 5.42. The van der Waals surface area contributed by atoms with E-state index in [1.54, 1.807) is 0 Å². The summed E-state index contributed by atoms with van der Waals surface area (Å²) >= 11 is 0. The van der Waals surface area contributed by atoms with Crippen molar-refractivity contribution < 1.29 is 9.53 Å². The lowest BCUT2D eigenvalue weighted by atomic mass is 9.63. The van der Waals surface area contributed by atoms with Gasteiger partial charge in [-0.25, -0.2) is 4.79 Å². The first-order chi connectivity index (χ1) is 9.91. The molecule has 0 spiro atoms. The molecule has 1 saturated carbocycles. The number of hydrogen-bond donors (Lipinski definition) is 1. The molecule has 0 radical (unpaired) electrons. The molecule has 1 aliphatic rings. The Balaban J connectivity index is 2.38. The Labute approximate surface area is 128 Å². The molecule has 21 heavy (non-hydrogen) atoms. The van der Waals surface area contributed by atoms with Crippen LogP contribution in [0.3, 0.4) is 0 Å². The molecule has 116 valence electrons. The Hall–Kier alpha value is -1.51. The van der Waals surface area contributed by atoms with Crippen LogP contribution >= 0.6 is 0 Å². The van der Waals surface area contributed by atoms with Crippen molar-refractivity contribution in [2.45, 2.75) is 58.9 Å². The van der Waals surface area contributed by atoms with Gasteiger partial charge in [-0.15, -0.1) is 0 Å². The standard InChI is InChI=1S/C18H27NO2/c1-5-21-16(20)18(12-7-6-11-17(18,3)4)19-15-10-8-9-14(2)13-15/h8-10,13,19H,5-7,11-12H2,1-4H3. The Morgan fingerprint density at radius 3 is 2.62 bits per heavy atom. The van der Waals surface area contributed by atoms with Gasteiger partial charge in [-0.3, -0.25) is 0 Å². The maximum atomic E-state index is 12.7. The van der Waals surface area contributed by atoms with Crippen LogP contribution < -0.4 is 5.32 Å². The number of ether oxygens (including phenoxy) is 1. The van der Waals surface area contributed by atoms with Crippen LogP contribution in [0.5, 0.6) is 0 Å². The van der Waals surface area contributed by atoms with E-state index in [0.717, 1.165) is 24.9 Å². The summed E-state index contributed by atoms with van der Waals surface area (Å²) in [7, 11) is 0. The Bertz CT molecular complexity index is 510. The predicted octanol–water partition coefficient (Wildman–Crippen LogP) is 4.31. The van der Waals surface area contributed by atoms with Crippen molar-refractivity contribution in [1.29, 1.82) is 0 Å². The van der Waals surface area contributed by atoms with Gasteiger partial charge in [0.1, 0.15) is 5.54 Å². The second kappa shape index (κ2) is 6.08. The van der Waals surface area contributed by atoms with E-state index in [-0.39, 0.29) is 11.4 Å². The largest absolute Gasteiger partial charge is 0.464 e. The molecule has 1 aromatic carbocycles. The topological polar surface area (TPSA) is 38.3 Å². The Kier molecular flexibility index (Phi) is 4.60. The maximum Gasteiger partial charge on any atom is 0.332 e. The van der Waals surface area contributed by atoms with Gasteiger partial charge in [-0.05, 0) is 49.8 Å². The van der Waals surface area contributed by atoms with E-state index in [4.69, 9.17) is 4.74 Å². The molecule has 2 rings (SSSR count). The minimum absolute atomic E-state index is 0.115. The van der Waals surface area contributed by atoms with E-state index in [1.165, 1.54) is 12.0 Å². The van der Waals surface area contributed by atoms with Crippen molar-refractivity contribution in [1.82, 2.24) is 0 Å². The highest BCUT2D eigenvalue weighted by Gasteiger charge is 2.53. The van der Waals surface area contributed by atoms with Crippen molar-refractivity contribution in [3.8, 4) is 0 Å². The molecule has 3 nitrogen and oxygen atoms in total. The molecule has 1 atom stereocenters. The first-order valence-electron chi connectivity index (χ1n) is 7.93. The van der Waals surface area contributed by atoms with E-state index in [2.05, 4.69) is 38.2 Å². The predicted molar refractivity (Wildman–Crippen MR) is 86.4 cm³/mol. The number of rotatable bonds is 4. The summed E-state index contributed by atoms with van der Waals surface area (Å²) in [6.07, 6.45) is 4.09. The van der Waals surface area contributed by atoms with E-state index < -0.39 is 5.54 Å². The molecule has 1 fully saturated rings.